The molecule has 0 bridgehead atoms. The van der Waals surface area contributed by atoms with E-state index in [1.165, 1.54) is 0 Å². The van der Waals surface area contributed by atoms with Gasteiger partial charge in [0.15, 0.2) is 0 Å². The smallest absolute Gasteiger partial charge is 0.226 e. The Labute approximate surface area is 142 Å². The second kappa shape index (κ2) is 7.20. The highest BCUT2D eigenvalue weighted by Gasteiger charge is 2.30. The van der Waals surface area contributed by atoms with E-state index in [0.29, 0.717) is 16.0 Å². The lowest BCUT2D eigenvalue weighted by molar-refractivity contribution is -0.136. The number of rotatable bonds is 3. The fraction of sp³-hybridized carbons (Fsp3) is 0.588. The zero-order chi connectivity index (χ0) is 15.5. The maximum absolute atomic E-state index is 12.6. The lowest BCUT2D eigenvalue weighted by atomic mass is 9.96. The van der Waals surface area contributed by atoms with Gasteiger partial charge in [0.05, 0.1) is 5.92 Å². The lowest BCUT2D eigenvalue weighted by Gasteiger charge is -2.34. The molecule has 5 heteroatoms. The third-order valence-corrected chi connectivity index (χ3v) is 5.42. The summed E-state index contributed by atoms with van der Waals surface area (Å²) in [5, 5.41) is 1.42. The predicted molar refractivity (Wildman–Crippen MR) is 90.3 cm³/mol. The van der Waals surface area contributed by atoms with Crippen molar-refractivity contribution < 1.29 is 4.79 Å². The molecule has 22 heavy (non-hydrogen) atoms. The highest BCUT2D eigenvalue weighted by molar-refractivity contribution is 6.35. The Morgan fingerprint density at radius 2 is 1.77 bits per heavy atom. The number of carbonyl (C=O) groups excluding carboxylic acids is 1. The molecule has 2 heterocycles. The van der Waals surface area contributed by atoms with Crippen molar-refractivity contribution in [1.82, 2.24) is 9.80 Å². The van der Waals surface area contributed by atoms with Crippen molar-refractivity contribution in [3.8, 4) is 0 Å². The summed E-state index contributed by atoms with van der Waals surface area (Å²) in [6, 6.07) is 5.61. The lowest BCUT2D eigenvalue weighted by Crippen LogP contribution is -2.43. The van der Waals surface area contributed by atoms with Crippen molar-refractivity contribution in [2.45, 2.75) is 32.2 Å². The number of hydrogen-bond acceptors (Lipinski definition) is 2. The van der Waals surface area contributed by atoms with E-state index in [1.807, 2.05) is 23.1 Å². The molecule has 1 aromatic carbocycles. The monoisotopic (exact) mass is 340 g/mol. The summed E-state index contributed by atoms with van der Waals surface area (Å²) in [7, 11) is 0. The van der Waals surface area contributed by atoms with E-state index in [9.17, 15) is 4.79 Å². The van der Waals surface area contributed by atoms with E-state index < -0.39 is 0 Å². The van der Waals surface area contributed by atoms with Crippen molar-refractivity contribution in [2.75, 3.05) is 26.2 Å². The minimum absolute atomic E-state index is 0.133. The zero-order valence-electron chi connectivity index (χ0n) is 12.7. The van der Waals surface area contributed by atoms with Crippen LogP contribution in [0.2, 0.25) is 10.0 Å². The van der Waals surface area contributed by atoms with Gasteiger partial charge in [0.2, 0.25) is 5.91 Å². The highest BCUT2D eigenvalue weighted by Crippen LogP contribution is 2.28. The number of benzene rings is 1. The topological polar surface area (TPSA) is 23.6 Å². The summed E-state index contributed by atoms with van der Waals surface area (Å²) in [6.45, 7) is 4.42. The average Bonchev–Trinajstić information content (AvgIpc) is 3.05. The van der Waals surface area contributed by atoms with Crippen molar-refractivity contribution in [1.29, 1.82) is 0 Å². The molecule has 2 saturated heterocycles. The van der Waals surface area contributed by atoms with E-state index >= 15 is 0 Å². The van der Waals surface area contributed by atoms with E-state index in [2.05, 4.69) is 4.90 Å². The van der Waals surface area contributed by atoms with E-state index in [4.69, 9.17) is 23.2 Å². The number of halogens is 2. The van der Waals surface area contributed by atoms with Crippen molar-refractivity contribution >= 4 is 29.1 Å². The Morgan fingerprint density at radius 3 is 2.45 bits per heavy atom. The van der Waals surface area contributed by atoms with Crippen LogP contribution in [0.1, 0.15) is 31.2 Å². The standard InChI is InChI=1S/C17H22Cl2N2O/c18-15-6-3-7-16(19)14(15)12-20-8-4-5-13(11-20)17(22)21-9-1-2-10-21/h3,6-7,13H,1-2,4-5,8-12H2/t13-/m0/s1. The second-order valence-electron chi connectivity index (χ2n) is 6.31. The van der Waals surface area contributed by atoms with Crippen LogP contribution < -0.4 is 0 Å². The number of hydrogen-bond donors (Lipinski definition) is 0. The van der Waals surface area contributed by atoms with Crippen molar-refractivity contribution in [3.63, 3.8) is 0 Å². The largest absolute Gasteiger partial charge is 0.342 e. The van der Waals surface area contributed by atoms with Crippen LogP contribution in [0.15, 0.2) is 18.2 Å². The van der Waals surface area contributed by atoms with E-state index in [1.54, 1.807) is 0 Å². The number of nitrogens with zero attached hydrogens (tertiary/aromatic N) is 2. The van der Waals surface area contributed by atoms with Gasteiger partial charge in [0, 0.05) is 41.8 Å². The van der Waals surface area contributed by atoms with Crippen LogP contribution in [0.3, 0.4) is 0 Å². The molecular weight excluding hydrogens is 319 g/mol. The molecule has 2 aliphatic rings. The summed E-state index contributed by atoms with van der Waals surface area (Å²) in [6.07, 6.45) is 4.36. The molecule has 0 saturated carbocycles. The molecule has 0 aliphatic carbocycles. The SMILES string of the molecule is O=C([C@H]1CCCN(Cc2c(Cl)cccc2Cl)C1)N1CCCC1. The van der Waals surface area contributed by atoms with Crippen LogP contribution in [0, 0.1) is 5.92 Å². The number of amides is 1. The number of carbonyl (C=O) groups is 1. The van der Waals surface area contributed by atoms with Crippen LogP contribution in [0.4, 0.5) is 0 Å². The molecule has 120 valence electrons. The molecule has 1 aromatic rings. The Balaban J connectivity index is 1.64. The van der Waals surface area contributed by atoms with E-state index in [-0.39, 0.29) is 5.92 Å². The van der Waals surface area contributed by atoms with E-state index in [0.717, 1.165) is 64.0 Å². The fourth-order valence-electron chi connectivity index (χ4n) is 3.50. The summed E-state index contributed by atoms with van der Waals surface area (Å²) in [5.74, 6) is 0.473. The number of likely N-dealkylation sites (tertiary alicyclic amines) is 2. The van der Waals surface area contributed by atoms with Crippen molar-refractivity contribution in [2.24, 2.45) is 5.92 Å². The normalized spacial score (nSPS) is 23.0. The van der Waals surface area contributed by atoms with Gasteiger partial charge in [-0.25, -0.2) is 0 Å². The molecule has 1 atom stereocenters. The van der Waals surface area contributed by atoms with Crippen molar-refractivity contribution in [3.05, 3.63) is 33.8 Å². The summed E-state index contributed by atoms with van der Waals surface area (Å²) in [5.41, 5.74) is 0.972. The first kappa shape index (κ1) is 16.1. The third kappa shape index (κ3) is 3.58. The first-order valence-corrected chi connectivity index (χ1v) is 8.85. The molecule has 1 amide bonds. The Hall–Kier alpha value is -0.770. The van der Waals surface area contributed by atoms with Crippen LogP contribution in [-0.2, 0) is 11.3 Å². The predicted octanol–water partition coefficient (Wildman–Crippen LogP) is 3.83. The van der Waals surface area contributed by atoms with Gasteiger partial charge in [0.25, 0.3) is 0 Å². The Morgan fingerprint density at radius 1 is 1.09 bits per heavy atom. The molecule has 3 nitrogen and oxygen atoms in total. The molecular formula is C17H22Cl2N2O. The van der Waals surface area contributed by atoms with Gasteiger partial charge in [-0.2, -0.15) is 0 Å². The van der Waals surface area contributed by atoms with Gasteiger partial charge >= 0.3 is 0 Å². The zero-order valence-corrected chi connectivity index (χ0v) is 14.2. The van der Waals surface area contributed by atoms with Crippen LogP contribution in [0.25, 0.3) is 0 Å². The number of piperidine rings is 1. The van der Waals surface area contributed by atoms with Gasteiger partial charge in [-0.3, -0.25) is 9.69 Å². The maximum Gasteiger partial charge on any atom is 0.226 e. The van der Waals surface area contributed by atoms with Crippen LogP contribution >= 0.6 is 23.2 Å². The van der Waals surface area contributed by atoms with Gasteiger partial charge in [-0.05, 0) is 44.4 Å². The molecule has 0 aromatic heterocycles. The Bertz CT molecular complexity index is 523. The van der Waals surface area contributed by atoms with Crippen LogP contribution in [-0.4, -0.2) is 41.9 Å². The molecule has 0 N–H and O–H groups in total. The van der Waals surface area contributed by atoms with Gasteiger partial charge in [-0.1, -0.05) is 29.3 Å². The highest BCUT2D eigenvalue weighted by atomic mass is 35.5. The summed E-state index contributed by atoms with van der Waals surface area (Å²) in [4.78, 5) is 16.9. The fourth-order valence-corrected chi connectivity index (χ4v) is 4.02. The molecule has 0 radical (unpaired) electrons. The maximum atomic E-state index is 12.6. The van der Waals surface area contributed by atoms with Gasteiger partial charge in [0.1, 0.15) is 0 Å². The Kier molecular flexibility index (Phi) is 5.27. The molecule has 2 aliphatic heterocycles. The molecule has 2 fully saturated rings. The minimum Gasteiger partial charge on any atom is -0.342 e. The average molecular weight is 341 g/mol. The molecule has 3 rings (SSSR count). The first-order valence-electron chi connectivity index (χ1n) is 8.09. The summed E-state index contributed by atoms with van der Waals surface area (Å²) < 4.78 is 0. The van der Waals surface area contributed by atoms with Gasteiger partial charge < -0.3 is 4.90 Å². The molecule has 0 spiro atoms. The molecule has 0 unspecified atom stereocenters. The minimum atomic E-state index is 0.133. The quantitative estimate of drug-likeness (QED) is 0.834. The van der Waals surface area contributed by atoms with Gasteiger partial charge in [-0.15, -0.1) is 0 Å². The first-order chi connectivity index (χ1) is 10.6. The van der Waals surface area contributed by atoms with Crippen LogP contribution in [0.5, 0.6) is 0 Å². The second-order valence-corrected chi connectivity index (χ2v) is 7.12. The third-order valence-electron chi connectivity index (χ3n) is 4.72. The summed E-state index contributed by atoms with van der Waals surface area (Å²) >= 11 is 12.5.